The first kappa shape index (κ1) is 12.0. The van der Waals surface area contributed by atoms with Gasteiger partial charge in [-0.25, -0.2) is 13.2 Å². The van der Waals surface area contributed by atoms with Gasteiger partial charge in [0.1, 0.15) is 5.88 Å². The molecule has 0 bridgehead atoms. The van der Waals surface area contributed by atoms with Gasteiger partial charge in [-0.3, -0.25) is 0 Å². The molecular formula is C7H14N2O3S. The molecule has 13 heavy (non-hydrogen) atoms. The van der Waals surface area contributed by atoms with Crippen LogP contribution in [-0.2, 0) is 9.84 Å². The molecule has 76 valence electrons. The van der Waals surface area contributed by atoms with Crippen LogP contribution >= 0.6 is 0 Å². The van der Waals surface area contributed by atoms with E-state index in [1.165, 1.54) is 0 Å². The second-order valence-corrected chi connectivity index (χ2v) is 4.73. The summed E-state index contributed by atoms with van der Waals surface area (Å²) in [5.74, 6) is -0.422. The smallest absolute Gasteiger partial charge is 0.315 e. The Kier molecular flexibility index (Phi) is 4.47. The summed E-state index contributed by atoms with van der Waals surface area (Å²) in [7, 11) is -3.36. The van der Waals surface area contributed by atoms with E-state index in [-0.39, 0.29) is 6.04 Å². The van der Waals surface area contributed by atoms with Gasteiger partial charge < -0.3 is 10.6 Å². The number of hydrogen-bond acceptors (Lipinski definition) is 3. The van der Waals surface area contributed by atoms with Crippen molar-refractivity contribution in [1.82, 2.24) is 10.6 Å². The van der Waals surface area contributed by atoms with Crippen LogP contribution in [0.2, 0.25) is 0 Å². The molecule has 0 aliphatic carbocycles. The minimum atomic E-state index is -3.36. The number of hydrogen-bond donors (Lipinski definition) is 2. The van der Waals surface area contributed by atoms with Crippen LogP contribution < -0.4 is 10.6 Å². The second-order valence-electron chi connectivity index (χ2n) is 2.78. The molecule has 0 unspecified atom stereocenters. The maximum absolute atomic E-state index is 10.9. The maximum Gasteiger partial charge on any atom is 0.315 e. The van der Waals surface area contributed by atoms with Crippen molar-refractivity contribution in [3.8, 4) is 0 Å². The highest BCUT2D eigenvalue weighted by Gasteiger charge is 2.07. The zero-order valence-electron chi connectivity index (χ0n) is 7.70. The zero-order chi connectivity index (χ0) is 10.5. The van der Waals surface area contributed by atoms with E-state index in [1.54, 1.807) is 13.8 Å². The van der Waals surface area contributed by atoms with Gasteiger partial charge in [0.25, 0.3) is 0 Å². The fourth-order valence-corrected chi connectivity index (χ4v) is 0.988. The fourth-order valence-electron chi connectivity index (χ4n) is 0.538. The monoisotopic (exact) mass is 206 g/mol. The number of rotatable bonds is 4. The number of nitrogens with one attached hydrogen (secondary N) is 2. The Balaban J connectivity index is 3.91. The van der Waals surface area contributed by atoms with Crippen molar-refractivity contribution < 1.29 is 13.2 Å². The molecule has 0 heterocycles. The predicted octanol–water partition coefficient (Wildman–Crippen LogP) is 0.210. The summed E-state index contributed by atoms with van der Waals surface area (Å²) in [6.07, 6.45) is 0. The standard InChI is InChI=1S/C7H14N2O3S/c1-4-13(11,12)5-8-7(10)9-6(2)3/h4,6H,1,5H2,2-3H3,(H2,8,9,10). The molecule has 5 nitrogen and oxygen atoms in total. The van der Waals surface area contributed by atoms with Gasteiger partial charge in [0, 0.05) is 11.4 Å². The number of urea groups is 1. The predicted molar refractivity (Wildman–Crippen MR) is 50.8 cm³/mol. The molecule has 0 aliphatic rings. The van der Waals surface area contributed by atoms with Crippen molar-refractivity contribution in [2.75, 3.05) is 5.88 Å². The molecule has 6 heteroatoms. The van der Waals surface area contributed by atoms with Crippen LogP contribution in [0.15, 0.2) is 12.0 Å². The lowest BCUT2D eigenvalue weighted by Gasteiger charge is -2.08. The van der Waals surface area contributed by atoms with Crippen molar-refractivity contribution in [2.24, 2.45) is 0 Å². The average Bonchev–Trinajstić information content (AvgIpc) is 2.00. The summed E-state index contributed by atoms with van der Waals surface area (Å²) in [6, 6.07) is -0.521. The molecule has 0 aliphatic heterocycles. The van der Waals surface area contributed by atoms with Crippen LogP contribution in [0, 0.1) is 0 Å². The Morgan fingerprint density at radius 3 is 2.46 bits per heavy atom. The van der Waals surface area contributed by atoms with Crippen LogP contribution in [-0.4, -0.2) is 26.4 Å². The molecule has 0 aromatic heterocycles. The number of carbonyl (C=O) groups is 1. The van der Waals surface area contributed by atoms with E-state index in [2.05, 4.69) is 17.2 Å². The van der Waals surface area contributed by atoms with Gasteiger partial charge in [-0.15, -0.1) is 0 Å². The summed E-state index contributed by atoms with van der Waals surface area (Å²) in [5, 5.41) is 5.49. The SMILES string of the molecule is C=CS(=O)(=O)CNC(=O)NC(C)C. The normalized spacial score (nSPS) is 11.0. The summed E-state index contributed by atoms with van der Waals surface area (Å²) in [4.78, 5) is 10.9. The Labute approximate surface area is 78.1 Å². The molecule has 0 aromatic carbocycles. The summed E-state index contributed by atoms with van der Waals surface area (Å²) >= 11 is 0. The number of sulfone groups is 1. The summed E-state index contributed by atoms with van der Waals surface area (Å²) < 4.78 is 21.7. The van der Waals surface area contributed by atoms with E-state index in [1.807, 2.05) is 0 Å². The maximum atomic E-state index is 10.9. The van der Waals surface area contributed by atoms with Crippen LogP contribution in [0.25, 0.3) is 0 Å². The Morgan fingerprint density at radius 1 is 1.54 bits per heavy atom. The lowest BCUT2D eigenvalue weighted by molar-refractivity contribution is 0.240. The third-order valence-corrected chi connectivity index (χ3v) is 2.16. The third-order valence-electron chi connectivity index (χ3n) is 1.11. The minimum Gasteiger partial charge on any atom is -0.336 e. The molecule has 0 saturated heterocycles. The molecule has 0 saturated carbocycles. The lowest BCUT2D eigenvalue weighted by Crippen LogP contribution is -2.41. The zero-order valence-corrected chi connectivity index (χ0v) is 8.52. The van der Waals surface area contributed by atoms with Crippen molar-refractivity contribution in [1.29, 1.82) is 0 Å². The van der Waals surface area contributed by atoms with E-state index < -0.39 is 21.7 Å². The van der Waals surface area contributed by atoms with Gasteiger partial charge >= 0.3 is 6.03 Å². The number of amides is 2. The summed E-state index contributed by atoms with van der Waals surface area (Å²) in [6.45, 7) is 6.67. The highest BCUT2D eigenvalue weighted by Crippen LogP contribution is 1.86. The van der Waals surface area contributed by atoms with E-state index in [0.717, 1.165) is 5.41 Å². The van der Waals surface area contributed by atoms with Crippen molar-refractivity contribution in [3.63, 3.8) is 0 Å². The minimum absolute atomic E-state index is 0.0218. The van der Waals surface area contributed by atoms with Gasteiger partial charge in [-0.2, -0.15) is 0 Å². The van der Waals surface area contributed by atoms with Gasteiger partial charge in [0.05, 0.1) is 0 Å². The van der Waals surface area contributed by atoms with E-state index in [9.17, 15) is 13.2 Å². The quantitative estimate of drug-likeness (QED) is 0.690. The van der Waals surface area contributed by atoms with Crippen LogP contribution in [0.5, 0.6) is 0 Å². The highest BCUT2D eigenvalue weighted by molar-refractivity contribution is 7.94. The van der Waals surface area contributed by atoms with E-state index in [4.69, 9.17) is 0 Å². The van der Waals surface area contributed by atoms with Crippen LogP contribution in [0.4, 0.5) is 4.79 Å². The first-order valence-corrected chi connectivity index (χ1v) is 5.48. The van der Waals surface area contributed by atoms with Crippen molar-refractivity contribution >= 4 is 15.9 Å². The van der Waals surface area contributed by atoms with Gasteiger partial charge in [-0.1, -0.05) is 6.58 Å². The molecule has 0 fully saturated rings. The molecule has 0 spiro atoms. The largest absolute Gasteiger partial charge is 0.336 e. The Morgan fingerprint density at radius 2 is 2.08 bits per heavy atom. The molecule has 2 N–H and O–H groups in total. The van der Waals surface area contributed by atoms with Gasteiger partial charge in [-0.05, 0) is 13.8 Å². The molecule has 0 atom stereocenters. The van der Waals surface area contributed by atoms with Crippen molar-refractivity contribution in [3.05, 3.63) is 12.0 Å². The average molecular weight is 206 g/mol. The van der Waals surface area contributed by atoms with Crippen LogP contribution in [0.3, 0.4) is 0 Å². The van der Waals surface area contributed by atoms with Crippen molar-refractivity contribution in [2.45, 2.75) is 19.9 Å². The topological polar surface area (TPSA) is 75.3 Å². The molecule has 0 aromatic rings. The van der Waals surface area contributed by atoms with E-state index in [0.29, 0.717) is 0 Å². The third kappa shape index (κ3) is 6.15. The second kappa shape index (κ2) is 4.86. The molecule has 0 rings (SSSR count). The fraction of sp³-hybridized carbons (Fsp3) is 0.571. The first-order valence-electron chi connectivity index (χ1n) is 3.77. The lowest BCUT2D eigenvalue weighted by atomic mass is 10.4. The molecule has 0 radical (unpaired) electrons. The number of carbonyl (C=O) groups excluding carboxylic acids is 1. The van der Waals surface area contributed by atoms with Crippen LogP contribution in [0.1, 0.15) is 13.8 Å². The Bertz CT molecular complexity index is 282. The molecular weight excluding hydrogens is 192 g/mol. The van der Waals surface area contributed by atoms with E-state index >= 15 is 0 Å². The Hall–Kier alpha value is -1.04. The van der Waals surface area contributed by atoms with Gasteiger partial charge in [0.15, 0.2) is 9.84 Å². The molecule has 2 amide bonds. The summed E-state index contributed by atoms with van der Waals surface area (Å²) in [5.41, 5.74) is 0. The van der Waals surface area contributed by atoms with Gasteiger partial charge in [0.2, 0.25) is 0 Å². The highest BCUT2D eigenvalue weighted by atomic mass is 32.2. The first-order chi connectivity index (χ1) is 5.87.